The zero-order valence-electron chi connectivity index (χ0n) is 8.50. The summed E-state index contributed by atoms with van der Waals surface area (Å²) in [5, 5.41) is -1.96. The number of hydrogen-bond acceptors (Lipinski definition) is 7. The summed E-state index contributed by atoms with van der Waals surface area (Å²) in [5.74, 6) is -2.27. The Hall–Kier alpha value is -0.973. The van der Waals surface area contributed by atoms with E-state index >= 15 is 0 Å². The Morgan fingerprint density at radius 2 is 1.94 bits per heavy atom. The highest BCUT2D eigenvalue weighted by Gasteiger charge is 2.44. The van der Waals surface area contributed by atoms with Gasteiger partial charge in [0.05, 0.1) is 6.42 Å². The quantitative estimate of drug-likeness (QED) is 0.380. The van der Waals surface area contributed by atoms with Crippen molar-refractivity contribution in [1.29, 1.82) is 0 Å². The predicted octanol–water partition coefficient (Wildman–Crippen LogP) is -0.634. The van der Waals surface area contributed by atoms with E-state index in [1.165, 1.54) is 13.1 Å². The van der Waals surface area contributed by atoms with Crippen LogP contribution in [0.15, 0.2) is 0 Å². The van der Waals surface area contributed by atoms with Gasteiger partial charge in [0.2, 0.25) is 0 Å². The van der Waals surface area contributed by atoms with Gasteiger partial charge in [-0.25, -0.2) is 4.79 Å². The summed E-state index contributed by atoms with van der Waals surface area (Å²) in [6.07, 6.45) is -0.845. The minimum absolute atomic E-state index is 0.845. The summed E-state index contributed by atoms with van der Waals surface area (Å²) < 4.78 is 39.7. The van der Waals surface area contributed by atoms with Crippen LogP contribution in [0.2, 0.25) is 13.1 Å². The average Bonchev–Trinajstić information content (AvgIpc) is 2.06. The molecule has 0 aromatic rings. The topological polar surface area (TPSA) is 116 Å². The van der Waals surface area contributed by atoms with Crippen LogP contribution in [0.1, 0.15) is 6.42 Å². The molecule has 0 bridgehead atoms. The van der Waals surface area contributed by atoms with Gasteiger partial charge in [-0.1, -0.05) is 0 Å². The summed E-state index contributed by atoms with van der Waals surface area (Å²) in [4.78, 5) is 26.6. The van der Waals surface area contributed by atoms with Crippen LogP contribution in [0.4, 0.5) is 0 Å². The zero-order valence-corrected chi connectivity index (χ0v) is 10.3. The molecule has 1 N–H and O–H groups in total. The lowest BCUT2D eigenvalue weighted by Crippen LogP contribution is -2.46. The van der Waals surface area contributed by atoms with Gasteiger partial charge in [-0.05, 0) is 13.1 Å². The molecular formula is C6H10O8SSi. The monoisotopic (exact) mass is 270 g/mol. The molecule has 10 heteroatoms. The van der Waals surface area contributed by atoms with E-state index in [-0.39, 0.29) is 0 Å². The highest BCUT2D eigenvalue weighted by Crippen LogP contribution is 2.17. The van der Waals surface area contributed by atoms with E-state index in [0.717, 1.165) is 0 Å². The van der Waals surface area contributed by atoms with Crippen LogP contribution in [0.3, 0.4) is 0 Å². The Bertz CT molecular complexity index is 412. The van der Waals surface area contributed by atoms with Gasteiger partial charge < -0.3 is 9.31 Å². The van der Waals surface area contributed by atoms with Crippen molar-refractivity contribution in [2.45, 2.75) is 24.8 Å². The molecule has 0 aliphatic carbocycles. The Morgan fingerprint density at radius 3 is 2.44 bits per heavy atom. The van der Waals surface area contributed by atoms with Gasteiger partial charge in [0.25, 0.3) is 10.1 Å². The van der Waals surface area contributed by atoms with Crippen molar-refractivity contribution in [3.05, 3.63) is 0 Å². The zero-order chi connectivity index (χ0) is 12.6. The van der Waals surface area contributed by atoms with E-state index < -0.39 is 42.3 Å². The van der Waals surface area contributed by atoms with Crippen LogP contribution < -0.4 is 0 Å². The smallest absolute Gasteiger partial charge is 0.441 e. The molecule has 1 aliphatic rings. The second kappa shape index (κ2) is 4.12. The molecule has 8 nitrogen and oxygen atoms in total. The molecule has 1 fully saturated rings. The largest absolute Gasteiger partial charge is 0.491 e. The molecule has 16 heavy (non-hydrogen) atoms. The summed E-state index contributed by atoms with van der Waals surface area (Å²) in [5.41, 5.74) is 0. The molecule has 0 aromatic carbocycles. The average molecular weight is 270 g/mol. The number of carbonyl (C=O) groups is 2. The van der Waals surface area contributed by atoms with Crippen molar-refractivity contribution >= 4 is 30.6 Å². The van der Waals surface area contributed by atoms with Crippen molar-refractivity contribution in [2.75, 3.05) is 0 Å². The van der Waals surface area contributed by atoms with Gasteiger partial charge in [-0.15, -0.1) is 0 Å². The van der Waals surface area contributed by atoms with Gasteiger partial charge >= 0.3 is 20.5 Å². The standard InChI is InChI=1S/C6H10O8SSi/c1-16(2)13-6(8)4(15(9,10)11)3-5(7)12-14-16/h4H,3H2,1-2H3,(H,9,10,11). The lowest BCUT2D eigenvalue weighted by Gasteiger charge is -2.25. The van der Waals surface area contributed by atoms with Gasteiger partial charge in [0.15, 0.2) is 5.25 Å². The van der Waals surface area contributed by atoms with Crippen LogP contribution >= 0.6 is 0 Å². The molecule has 0 amide bonds. The molecule has 0 aromatic heterocycles. The first-order valence-corrected chi connectivity index (χ1v) is 8.51. The number of carbonyl (C=O) groups excluding carboxylic acids is 2. The van der Waals surface area contributed by atoms with Crippen molar-refractivity contribution in [2.24, 2.45) is 0 Å². The highest BCUT2D eigenvalue weighted by molar-refractivity contribution is 7.87. The van der Waals surface area contributed by atoms with Gasteiger partial charge in [0.1, 0.15) is 0 Å². The van der Waals surface area contributed by atoms with E-state index in [0.29, 0.717) is 0 Å². The molecule has 1 rings (SSSR count). The lowest BCUT2D eigenvalue weighted by atomic mass is 10.3. The molecule has 0 saturated carbocycles. The van der Waals surface area contributed by atoms with Crippen LogP contribution in [0.25, 0.3) is 0 Å². The molecule has 92 valence electrons. The molecule has 0 radical (unpaired) electrons. The van der Waals surface area contributed by atoms with Crippen LogP contribution in [0, 0.1) is 0 Å². The van der Waals surface area contributed by atoms with Crippen LogP contribution in [0.5, 0.6) is 0 Å². The molecule has 1 saturated heterocycles. The van der Waals surface area contributed by atoms with Gasteiger partial charge in [-0.2, -0.15) is 13.0 Å². The van der Waals surface area contributed by atoms with E-state index in [1.807, 2.05) is 0 Å². The van der Waals surface area contributed by atoms with E-state index in [2.05, 4.69) is 9.46 Å². The fourth-order valence-electron chi connectivity index (χ4n) is 0.967. The summed E-state index contributed by atoms with van der Waals surface area (Å²) in [6.45, 7) is 2.76. The second-order valence-corrected chi connectivity index (χ2v) is 8.34. The Morgan fingerprint density at radius 1 is 1.38 bits per heavy atom. The first-order chi connectivity index (χ1) is 7.12. The summed E-state index contributed by atoms with van der Waals surface area (Å²) >= 11 is 0. The lowest BCUT2D eigenvalue weighted by molar-refractivity contribution is -0.230. The first-order valence-electron chi connectivity index (χ1n) is 4.19. The van der Waals surface area contributed by atoms with Crippen LogP contribution in [-0.2, 0) is 33.6 Å². The third-order valence-electron chi connectivity index (χ3n) is 1.66. The van der Waals surface area contributed by atoms with Crippen molar-refractivity contribution in [3.63, 3.8) is 0 Å². The maximum absolute atomic E-state index is 11.4. The van der Waals surface area contributed by atoms with Crippen molar-refractivity contribution < 1.29 is 36.4 Å². The first kappa shape index (κ1) is 13.1. The Labute approximate surface area is 92.4 Å². The minimum atomic E-state index is -4.71. The molecule has 1 atom stereocenters. The summed E-state index contributed by atoms with van der Waals surface area (Å²) in [6, 6.07) is 0. The van der Waals surface area contributed by atoms with E-state index in [4.69, 9.17) is 8.98 Å². The maximum atomic E-state index is 11.4. The van der Waals surface area contributed by atoms with Crippen LogP contribution in [-0.4, -0.2) is 38.7 Å². The van der Waals surface area contributed by atoms with Crippen molar-refractivity contribution in [3.8, 4) is 0 Å². The minimum Gasteiger partial charge on any atom is -0.491 e. The Kier molecular flexibility index (Phi) is 3.37. The molecule has 1 unspecified atom stereocenters. The normalized spacial score (nSPS) is 26.3. The predicted molar refractivity (Wildman–Crippen MR) is 50.7 cm³/mol. The molecular weight excluding hydrogens is 260 g/mol. The summed E-state index contributed by atoms with van der Waals surface area (Å²) in [7, 11) is -7.77. The Balaban J connectivity index is 3.02. The molecule has 1 heterocycles. The van der Waals surface area contributed by atoms with E-state index in [9.17, 15) is 18.0 Å². The van der Waals surface area contributed by atoms with Crippen molar-refractivity contribution in [1.82, 2.24) is 0 Å². The SMILES string of the molecule is C[Si]1(C)OOC(=O)CC(S(=O)(=O)O)C(=O)O1. The third-order valence-corrected chi connectivity index (χ3v) is 3.91. The van der Waals surface area contributed by atoms with Gasteiger partial charge in [0, 0.05) is 0 Å². The third kappa shape index (κ3) is 3.26. The van der Waals surface area contributed by atoms with E-state index in [1.54, 1.807) is 0 Å². The second-order valence-electron chi connectivity index (χ2n) is 3.57. The van der Waals surface area contributed by atoms with Gasteiger partial charge in [-0.3, -0.25) is 9.35 Å². The fourth-order valence-corrected chi connectivity index (χ4v) is 2.65. The maximum Gasteiger partial charge on any atom is 0.441 e. The number of hydrogen-bond donors (Lipinski definition) is 1. The fraction of sp³-hybridized carbons (Fsp3) is 0.667. The molecule has 1 aliphatic heterocycles. The molecule has 0 spiro atoms. The number of rotatable bonds is 1. The highest BCUT2D eigenvalue weighted by atomic mass is 32.2.